The number of fused-ring (bicyclic) bond motifs is 1. The molecule has 0 radical (unpaired) electrons. The molecule has 0 aliphatic carbocycles. The van der Waals surface area contributed by atoms with Crippen molar-refractivity contribution in [2.24, 2.45) is 0 Å². The lowest BCUT2D eigenvalue weighted by molar-refractivity contribution is -0.137. The maximum atomic E-state index is 12.3. The fraction of sp³-hybridized carbons (Fsp3) is 0.875. The van der Waals surface area contributed by atoms with E-state index in [0.29, 0.717) is 19.5 Å². The highest BCUT2D eigenvalue weighted by molar-refractivity contribution is 5.83. The third kappa shape index (κ3) is 5.35. The number of carbonyl (C=O) groups is 2. The quantitative estimate of drug-likeness (QED) is 0.644. The van der Waals surface area contributed by atoms with Gasteiger partial charge in [0.15, 0.2) is 0 Å². The monoisotopic (exact) mass is 327 g/mol. The fourth-order valence-corrected chi connectivity index (χ4v) is 3.12. The van der Waals surface area contributed by atoms with Crippen molar-refractivity contribution in [2.45, 2.75) is 70.2 Å². The number of ether oxygens (including phenoxy) is 1. The lowest BCUT2D eigenvalue weighted by Crippen LogP contribution is -2.57. The highest BCUT2D eigenvalue weighted by atomic mass is 16.6. The molecule has 0 aromatic carbocycles. The number of nitrogens with one attached hydrogen (secondary N) is 2. The SMILES string of the molecule is CC(C)(C)OC(=O)NCCCC[C@@H]1NC[C@@H]2C[C@H](O)CN2C1=O. The number of hydrogen-bond acceptors (Lipinski definition) is 5. The summed E-state index contributed by atoms with van der Waals surface area (Å²) < 4.78 is 5.16. The molecule has 2 aliphatic rings. The number of piperazine rings is 1. The summed E-state index contributed by atoms with van der Waals surface area (Å²) in [5.74, 6) is 0.0953. The molecule has 0 bridgehead atoms. The topological polar surface area (TPSA) is 90.9 Å². The van der Waals surface area contributed by atoms with E-state index >= 15 is 0 Å². The number of aliphatic hydroxyl groups is 1. The van der Waals surface area contributed by atoms with Crippen molar-refractivity contribution >= 4 is 12.0 Å². The molecule has 2 heterocycles. The van der Waals surface area contributed by atoms with E-state index in [4.69, 9.17) is 4.74 Å². The molecule has 23 heavy (non-hydrogen) atoms. The Kier molecular flexibility index (Phi) is 5.86. The first kappa shape index (κ1) is 18.0. The average molecular weight is 327 g/mol. The Hall–Kier alpha value is -1.34. The highest BCUT2D eigenvalue weighted by Crippen LogP contribution is 2.23. The first-order chi connectivity index (χ1) is 10.8. The zero-order chi connectivity index (χ0) is 17.0. The molecule has 0 aromatic heterocycles. The van der Waals surface area contributed by atoms with E-state index in [1.165, 1.54) is 0 Å². The van der Waals surface area contributed by atoms with E-state index in [9.17, 15) is 14.7 Å². The second kappa shape index (κ2) is 7.49. The van der Waals surface area contributed by atoms with Crippen LogP contribution >= 0.6 is 0 Å². The molecule has 3 N–H and O–H groups in total. The predicted molar refractivity (Wildman–Crippen MR) is 86.0 cm³/mol. The Morgan fingerprint density at radius 2 is 2.17 bits per heavy atom. The molecule has 7 nitrogen and oxygen atoms in total. The van der Waals surface area contributed by atoms with Crippen LogP contribution in [-0.4, -0.2) is 65.4 Å². The van der Waals surface area contributed by atoms with Gasteiger partial charge >= 0.3 is 6.09 Å². The summed E-state index contributed by atoms with van der Waals surface area (Å²) in [4.78, 5) is 25.7. The fourth-order valence-electron chi connectivity index (χ4n) is 3.12. The van der Waals surface area contributed by atoms with E-state index in [-0.39, 0.29) is 24.1 Å². The molecule has 0 saturated carbocycles. The molecule has 7 heteroatoms. The zero-order valence-corrected chi connectivity index (χ0v) is 14.3. The molecule has 0 aromatic rings. The Labute approximate surface area is 137 Å². The van der Waals surface area contributed by atoms with Crippen molar-refractivity contribution in [3.05, 3.63) is 0 Å². The summed E-state index contributed by atoms with van der Waals surface area (Å²) in [6.45, 7) is 7.24. The van der Waals surface area contributed by atoms with Crippen LogP contribution in [0.15, 0.2) is 0 Å². The van der Waals surface area contributed by atoms with Crippen LogP contribution in [0.4, 0.5) is 4.79 Å². The lowest BCUT2D eigenvalue weighted by atomic mass is 10.0. The molecule has 2 amide bonds. The summed E-state index contributed by atoms with van der Waals surface area (Å²) in [6.07, 6.45) is 2.27. The van der Waals surface area contributed by atoms with Gasteiger partial charge in [0.1, 0.15) is 5.60 Å². The smallest absolute Gasteiger partial charge is 0.407 e. The second-order valence-corrected chi connectivity index (χ2v) is 7.42. The summed E-state index contributed by atoms with van der Waals surface area (Å²) in [7, 11) is 0. The number of unbranched alkanes of at least 4 members (excludes halogenated alkanes) is 1. The van der Waals surface area contributed by atoms with Crippen molar-refractivity contribution in [1.82, 2.24) is 15.5 Å². The van der Waals surface area contributed by atoms with Crippen LogP contribution in [0.3, 0.4) is 0 Å². The minimum absolute atomic E-state index is 0.0953. The molecule has 132 valence electrons. The maximum absolute atomic E-state index is 12.3. The Balaban J connectivity index is 1.61. The second-order valence-electron chi connectivity index (χ2n) is 7.42. The zero-order valence-electron chi connectivity index (χ0n) is 14.3. The molecule has 0 unspecified atom stereocenters. The summed E-state index contributed by atoms with van der Waals surface area (Å²) >= 11 is 0. The van der Waals surface area contributed by atoms with Gasteiger partial charge in [0, 0.05) is 25.7 Å². The van der Waals surface area contributed by atoms with Gasteiger partial charge in [-0.1, -0.05) is 0 Å². The third-order valence-corrected chi connectivity index (χ3v) is 4.16. The van der Waals surface area contributed by atoms with Gasteiger partial charge in [0.05, 0.1) is 12.1 Å². The van der Waals surface area contributed by atoms with Gasteiger partial charge < -0.3 is 25.4 Å². The molecule has 3 atom stereocenters. The van der Waals surface area contributed by atoms with Crippen LogP contribution in [0.5, 0.6) is 0 Å². The lowest BCUT2D eigenvalue weighted by Gasteiger charge is -2.35. The minimum Gasteiger partial charge on any atom is -0.444 e. The Morgan fingerprint density at radius 3 is 2.87 bits per heavy atom. The van der Waals surface area contributed by atoms with Crippen molar-refractivity contribution < 1.29 is 19.4 Å². The first-order valence-electron chi connectivity index (χ1n) is 8.45. The number of aliphatic hydroxyl groups excluding tert-OH is 1. The van der Waals surface area contributed by atoms with Crippen molar-refractivity contribution in [3.8, 4) is 0 Å². The number of nitrogens with zero attached hydrogens (tertiary/aromatic N) is 1. The molecule has 2 rings (SSSR count). The van der Waals surface area contributed by atoms with Crippen LogP contribution in [0.1, 0.15) is 46.5 Å². The number of alkyl carbamates (subject to hydrolysis) is 1. The number of rotatable bonds is 5. The largest absolute Gasteiger partial charge is 0.444 e. The molecule has 2 saturated heterocycles. The standard InChI is InChI=1S/C16H29N3O4/c1-16(2,3)23-15(22)17-7-5-4-6-13-14(21)19-10-12(20)8-11(19)9-18-13/h11-13,18,20H,4-10H2,1-3H3,(H,17,22)/t11-,12-,13-/m0/s1. The molecular formula is C16H29N3O4. The van der Waals surface area contributed by atoms with Crippen LogP contribution in [0, 0.1) is 0 Å². The predicted octanol–water partition coefficient (Wildman–Crippen LogP) is 0.615. The minimum atomic E-state index is -0.487. The molecule has 2 aliphatic heterocycles. The number of hydrogen-bond donors (Lipinski definition) is 3. The van der Waals surface area contributed by atoms with Crippen LogP contribution in [0.2, 0.25) is 0 Å². The van der Waals surface area contributed by atoms with Gasteiger partial charge in [-0.05, 0) is 46.5 Å². The van der Waals surface area contributed by atoms with Crippen molar-refractivity contribution in [2.75, 3.05) is 19.6 Å². The third-order valence-electron chi connectivity index (χ3n) is 4.16. The van der Waals surface area contributed by atoms with Crippen LogP contribution in [-0.2, 0) is 9.53 Å². The van der Waals surface area contributed by atoms with E-state index in [0.717, 1.165) is 25.8 Å². The Morgan fingerprint density at radius 1 is 1.43 bits per heavy atom. The molecular weight excluding hydrogens is 298 g/mol. The summed E-state index contributed by atoms with van der Waals surface area (Å²) in [5, 5.41) is 15.7. The van der Waals surface area contributed by atoms with Gasteiger partial charge in [0.2, 0.25) is 5.91 Å². The first-order valence-corrected chi connectivity index (χ1v) is 8.45. The highest BCUT2D eigenvalue weighted by Gasteiger charge is 2.40. The van der Waals surface area contributed by atoms with Crippen LogP contribution in [0.25, 0.3) is 0 Å². The average Bonchev–Trinajstić information content (AvgIpc) is 2.80. The van der Waals surface area contributed by atoms with Gasteiger partial charge in [-0.15, -0.1) is 0 Å². The van der Waals surface area contributed by atoms with Crippen molar-refractivity contribution in [3.63, 3.8) is 0 Å². The van der Waals surface area contributed by atoms with E-state index in [1.54, 1.807) is 0 Å². The van der Waals surface area contributed by atoms with E-state index < -0.39 is 11.7 Å². The molecule has 2 fully saturated rings. The summed E-state index contributed by atoms with van der Waals surface area (Å²) in [6, 6.07) is -0.0272. The Bertz CT molecular complexity index is 436. The number of carbonyl (C=O) groups excluding carboxylic acids is 2. The van der Waals surface area contributed by atoms with E-state index in [2.05, 4.69) is 10.6 Å². The number of amides is 2. The van der Waals surface area contributed by atoms with Gasteiger partial charge in [-0.2, -0.15) is 0 Å². The van der Waals surface area contributed by atoms with Crippen molar-refractivity contribution in [1.29, 1.82) is 0 Å². The maximum Gasteiger partial charge on any atom is 0.407 e. The normalized spacial score (nSPS) is 27.7. The van der Waals surface area contributed by atoms with Crippen LogP contribution < -0.4 is 10.6 Å². The van der Waals surface area contributed by atoms with Gasteiger partial charge in [-0.3, -0.25) is 4.79 Å². The van der Waals surface area contributed by atoms with E-state index in [1.807, 2.05) is 25.7 Å². The molecule has 0 spiro atoms. The van der Waals surface area contributed by atoms with Gasteiger partial charge in [-0.25, -0.2) is 4.79 Å². The van der Waals surface area contributed by atoms with Gasteiger partial charge in [0.25, 0.3) is 0 Å². The summed E-state index contributed by atoms with van der Waals surface area (Å²) in [5.41, 5.74) is -0.487.